The van der Waals surface area contributed by atoms with Crippen LogP contribution in [0.5, 0.6) is 5.75 Å². The highest BCUT2D eigenvalue weighted by Gasteiger charge is 2.14. The van der Waals surface area contributed by atoms with Gasteiger partial charge in [0.15, 0.2) is 5.75 Å². The van der Waals surface area contributed by atoms with E-state index in [2.05, 4.69) is 5.32 Å². The molecule has 0 saturated carbocycles. The lowest BCUT2D eigenvalue weighted by Gasteiger charge is -2.05. The van der Waals surface area contributed by atoms with Gasteiger partial charge in [-0.15, -0.1) is 0 Å². The van der Waals surface area contributed by atoms with Crippen molar-refractivity contribution in [3.8, 4) is 5.75 Å². The molecule has 1 rings (SSSR count). The summed E-state index contributed by atoms with van der Waals surface area (Å²) >= 11 is 0. The van der Waals surface area contributed by atoms with E-state index < -0.39 is 4.92 Å². The molecule has 82 valence electrons. The molecule has 0 unspecified atom stereocenters. The number of nitrogens with one attached hydrogen (secondary N) is 1. The number of methoxy groups -OCH3 is 1. The first kappa shape index (κ1) is 11.5. The summed E-state index contributed by atoms with van der Waals surface area (Å²) in [6.07, 6.45) is 0.824. The molecular weight excluding hydrogens is 196 g/mol. The summed E-state index contributed by atoms with van der Waals surface area (Å²) in [6, 6.07) is 4.93. The second-order valence-corrected chi connectivity index (χ2v) is 3.12. The van der Waals surface area contributed by atoms with E-state index >= 15 is 0 Å². The molecule has 0 atom stereocenters. The highest BCUT2D eigenvalue weighted by molar-refractivity contribution is 5.48. The maximum absolute atomic E-state index is 10.6. The van der Waals surface area contributed by atoms with Crippen molar-refractivity contribution >= 4 is 5.69 Å². The fourth-order valence-corrected chi connectivity index (χ4v) is 1.30. The Morgan fingerprint density at radius 1 is 1.53 bits per heavy atom. The quantitative estimate of drug-likeness (QED) is 0.588. The first-order valence-corrected chi connectivity index (χ1v) is 4.65. The first-order valence-electron chi connectivity index (χ1n) is 4.65. The molecule has 0 aliphatic carbocycles. The average molecular weight is 210 g/mol. The SMILES string of the molecule is CNCCc1ccc([N+](=O)[O-])c(OC)c1. The lowest BCUT2D eigenvalue weighted by Crippen LogP contribution is -2.10. The van der Waals surface area contributed by atoms with Crippen molar-refractivity contribution < 1.29 is 9.66 Å². The van der Waals surface area contributed by atoms with Crippen LogP contribution in [-0.2, 0) is 6.42 Å². The van der Waals surface area contributed by atoms with E-state index in [4.69, 9.17) is 4.74 Å². The van der Waals surface area contributed by atoms with Gasteiger partial charge < -0.3 is 10.1 Å². The Hall–Kier alpha value is -1.62. The third-order valence-electron chi connectivity index (χ3n) is 2.10. The molecule has 0 amide bonds. The smallest absolute Gasteiger partial charge is 0.310 e. The van der Waals surface area contributed by atoms with E-state index in [0.717, 1.165) is 18.5 Å². The van der Waals surface area contributed by atoms with Crippen molar-refractivity contribution in [3.05, 3.63) is 33.9 Å². The number of nitro benzene ring substituents is 1. The summed E-state index contributed by atoms with van der Waals surface area (Å²) in [5.74, 6) is 0.314. The summed E-state index contributed by atoms with van der Waals surface area (Å²) in [5.41, 5.74) is 1.03. The van der Waals surface area contributed by atoms with E-state index in [1.807, 2.05) is 7.05 Å². The Kier molecular flexibility index (Phi) is 4.05. The Morgan fingerprint density at radius 3 is 2.80 bits per heavy atom. The second-order valence-electron chi connectivity index (χ2n) is 3.12. The number of rotatable bonds is 5. The van der Waals surface area contributed by atoms with Gasteiger partial charge in [-0.05, 0) is 31.6 Å². The zero-order valence-corrected chi connectivity index (χ0v) is 8.82. The molecule has 15 heavy (non-hydrogen) atoms. The van der Waals surface area contributed by atoms with Crippen molar-refractivity contribution in [1.29, 1.82) is 0 Å². The van der Waals surface area contributed by atoms with Crippen LogP contribution >= 0.6 is 0 Å². The molecule has 1 N–H and O–H groups in total. The van der Waals surface area contributed by atoms with E-state index in [-0.39, 0.29) is 5.69 Å². The van der Waals surface area contributed by atoms with Crippen LogP contribution in [0, 0.1) is 10.1 Å². The normalized spacial score (nSPS) is 10.0. The predicted molar refractivity (Wildman–Crippen MR) is 57.3 cm³/mol. The maximum Gasteiger partial charge on any atom is 0.310 e. The third kappa shape index (κ3) is 2.92. The summed E-state index contributed by atoms with van der Waals surface area (Å²) in [4.78, 5) is 10.2. The van der Waals surface area contributed by atoms with E-state index in [1.165, 1.54) is 13.2 Å². The van der Waals surface area contributed by atoms with Gasteiger partial charge in [0.2, 0.25) is 0 Å². The van der Waals surface area contributed by atoms with Crippen LogP contribution in [0.15, 0.2) is 18.2 Å². The van der Waals surface area contributed by atoms with Gasteiger partial charge in [0.1, 0.15) is 0 Å². The number of nitrogens with zero attached hydrogens (tertiary/aromatic N) is 1. The van der Waals surface area contributed by atoms with Gasteiger partial charge in [0.25, 0.3) is 0 Å². The summed E-state index contributed by atoms with van der Waals surface area (Å²) in [6.45, 7) is 0.834. The van der Waals surface area contributed by atoms with E-state index in [1.54, 1.807) is 12.1 Å². The Bertz CT molecular complexity index is 353. The molecule has 0 spiro atoms. The minimum absolute atomic E-state index is 0.00528. The first-order chi connectivity index (χ1) is 7.19. The minimum Gasteiger partial charge on any atom is -0.490 e. The fourth-order valence-electron chi connectivity index (χ4n) is 1.30. The fraction of sp³-hybridized carbons (Fsp3) is 0.400. The third-order valence-corrected chi connectivity index (χ3v) is 2.10. The Morgan fingerprint density at radius 2 is 2.27 bits per heavy atom. The van der Waals surface area contributed by atoms with Gasteiger partial charge in [-0.1, -0.05) is 6.07 Å². The number of hydrogen-bond donors (Lipinski definition) is 1. The minimum atomic E-state index is -0.444. The highest BCUT2D eigenvalue weighted by atomic mass is 16.6. The van der Waals surface area contributed by atoms with Crippen molar-refractivity contribution in [1.82, 2.24) is 5.32 Å². The van der Waals surface area contributed by atoms with Crippen LogP contribution in [0.4, 0.5) is 5.69 Å². The van der Waals surface area contributed by atoms with Gasteiger partial charge in [-0.3, -0.25) is 10.1 Å². The maximum atomic E-state index is 10.6. The van der Waals surface area contributed by atoms with Gasteiger partial charge >= 0.3 is 5.69 Å². The molecule has 0 aliphatic heterocycles. The molecule has 1 aromatic rings. The van der Waals surface area contributed by atoms with Gasteiger partial charge in [-0.2, -0.15) is 0 Å². The van der Waals surface area contributed by atoms with Crippen molar-refractivity contribution in [3.63, 3.8) is 0 Å². The predicted octanol–water partition coefficient (Wildman–Crippen LogP) is 1.37. The number of benzene rings is 1. The van der Waals surface area contributed by atoms with Crippen LogP contribution < -0.4 is 10.1 Å². The zero-order valence-electron chi connectivity index (χ0n) is 8.82. The van der Waals surface area contributed by atoms with Gasteiger partial charge in [0.05, 0.1) is 12.0 Å². The van der Waals surface area contributed by atoms with E-state index in [0.29, 0.717) is 5.75 Å². The average Bonchev–Trinajstić information content (AvgIpc) is 2.25. The Labute approximate surface area is 88.2 Å². The van der Waals surface area contributed by atoms with Gasteiger partial charge in [0, 0.05) is 6.07 Å². The van der Waals surface area contributed by atoms with Crippen LogP contribution in [0.2, 0.25) is 0 Å². The van der Waals surface area contributed by atoms with Crippen LogP contribution in [0.1, 0.15) is 5.56 Å². The summed E-state index contributed by atoms with van der Waals surface area (Å²) in [5, 5.41) is 13.6. The molecular formula is C10H14N2O3. The van der Waals surface area contributed by atoms with Crippen LogP contribution in [0.25, 0.3) is 0 Å². The molecule has 0 fully saturated rings. The number of hydrogen-bond acceptors (Lipinski definition) is 4. The lowest BCUT2D eigenvalue weighted by atomic mass is 10.1. The molecule has 0 saturated heterocycles. The molecule has 0 aliphatic rings. The topological polar surface area (TPSA) is 64.4 Å². The number of ether oxygens (including phenoxy) is 1. The number of likely N-dealkylation sites (N-methyl/N-ethyl adjacent to an activating group) is 1. The standard InChI is InChI=1S/C10H14N2O3/c1-11-6-5-8-3-4-9(12(13)14)10(7-8)15-2/h3-4,7,11H,5-6H2,1-2H3. The molecule has 5 heteroatoms. The van der Waals surface area contributed by atoms with Crippen LogP contribution in [0.3, 0.4) is 0 Å². The molecule has 0 aromatic heterocycles. The van der Waals surface area contributed by atoms with Gasteiger partial charge in [-0.25, -0.2) is 0 Å². The molecule has 0 radical (unpaired) electrons. The molecule has 0 heterocycles. The second kappa shape index (κ2) is 5.31. The summed E-state index contributed by atoms with van der Waals surface area (Å²) < 4.78 is 4.97. The van der Waals surface area contributed by atoms with Crippen molar-refractivity contribution in [2.75, 3.05) is 20.7 Å². The van der Waals surface area contributed by atoms with E-state index in [9.17, 15) is 10.1 Å². The molecule has 5 nitrogen and oxygen atoms in total. The van der Waals surface area contributed by atoms with Crippen LogP contribution in [-0.4, -0.2) is 25.6 Å². The largest absolute Gasteiger partial charge is 0.490 e. The summed E-state index contributed by atoms with van der Waals surface area (Å²) in [7, 11) is 3.30. The highest BCUT2D eigenvalue weighted by Crippen LogP contribution is 2.27. The molecule has 0 bridgehead atoms. The molecule has 1 aromatic carbocycles. The Balaban J connectivity index is 2.92. The zero-order chi connectivity index (χ0) is 11.3. The van der Waals surface area contributed by atoms with Crippen molar-refractivity contribution in [2.24, 2.45) is 0 Å². The number of nitro groups is 1. The lowest BCUT2D eigenvalue weighted by molar-refractivity contribution is -0.385. The van der Waals surface area contributed by atoms with Crippen molar-refractivity contribution in [2.45, 2.75) is 6.42 Å². The monoisotopic (exact) mass is 210 g/mol.